The second kappa shape index (κ2) is 9.97. The van der Waals surface area contributed by atoms with E-state index in [1.165, 1.54) is 37.3 Å². The number of fused-ring (bicyclic) bond motifs is 4. The number of rotatable bonds is 6. The molecule has 0 radical (unpaired) electrons. The van der Waals surface area contributed by atoms with Crippen LogP contribution < -0.4 is 20.3 Å². The molecule has 38 heavy (non-hydrogen) atoms. The van der Waals surface area contributed by atoms with Crippen molar-refractivity contribution >= 4 is 33.2 Å². The minimum Gasteiger partial charge on any atom is -0.497 e. The van der Waals surface area contributed by atoms with Crippen molar-refractivity contribution in [2.24, 2.45) is 5.92 Å². The molecular formula is C27H28N4O6S. The molecule has 0 aliphatic carbocycles. The number of benzene rings is 2. The number of hydrogen-bond acceptors (Lipinski definition) is 6. The number of amides is 2. The number of aromatic nitrogens is 1. The molecular weight excluding hydrogens is 508 g/mol. The number of pyridine rings is 1. The van der Waals surface area contributed by atoms with Gasteiger partial charge in [-0.05, 0) is 73.0 Å². The van der Waals surface area contributed by atoms with E-state index in [4.69, 9.17) is 4.74 Å². The van der Waals surface area contributed by atoms with Crippen LogP contribution in [0.3, 0.4) is 0 Å². The standard InChI is InChI=1S/C27H28N4O6S/c1-17(32)28-21-5-9-23(10-6-21)38(35,36)29-24-11-12-25-20-13-18(15-31(25)27(24)34)14-30(16-20)26(33)19-3-7-22(37-2)8-4-19/h3-12,18,20,29H,13-16H2,1-2H3,(H,28,32). The highest BCUT2D eigenvalue weighted by Crippen LogP contribution is 2.36. The smallest absolute Gasteiger partial charge is 0.275 e. The van der Waals surface area contributed by atoms with Gasteiger partial charge in [0.2, 0.25) is 5.91 Å². The van der Waals surface area contributed by atoms with Crippen molar-refractivity contribution in [2.75, 3.05) is 30.2 Å². The van der Waals surface area contributed by atoms with Crippen LogP contribution in [-0.4, -0.2) is 49.9 Å². The molecule has 10 nitrogen and oxygen atoms in total. The summed E-state index contributed by atoms with van der Waals surface area (Å²) in [5.41, 5.74) is 1.40. The zero-order chi connectivity index (χ0) is 27.0. The van der Waals surface area contributed by atoms with Crippen LogP contribution in [0.1, 0.15) is 35.3 Å². The number of nitrogens with one attached hydrogen (secondary N) is 2. The molecule has 198 valence electrons. The summed E-state index contributed by atoms with van der Waals surface area (Å²) in [7, 11) is -2.45. The maximum atomic E-state index is 13.3. The molecule has 2 bridgehead atoms. The highest BCUT2D eigenvalue weighted by atomic mass is 32.2. The maximum Gasteiger partial charge on any atom is 0.275 e. The van der Waals surface area contributed by atoms with Crippen LogP contribution in [0.4, 0.5) is 11.4 Å². The monoisotopic (exact) mass is 536 g/mol. The number of anilines is 2. The van der Waals surface area contributed by atoms with Crippen LogP contribution in [0.15, 0.2) is 70.4 Å². The van der Waals surface area contributed by atoms with Gasteiger partial charge in [-0.1, -0.05) is 0 Å². The fourth-order valence-electron chi connectivity index (χ4n) is 5.23. The molecule has 11 heteroatoms. The summed E-state index contributed by atoms with van der Waals surface area (Å²) < 4.78 is 35.1. The van der Waals surface area contributed by atoms with Gasteiger partial charge in [-0.25, -0.2) is 8.42 Å². The Morgan fingerprint density at radius 2 is 1.66 bits per heavy atom. The van der Waals surface area contributed by atoms with Gasteiger partial charge in [0.05, 0.1) is 12.0 Å². The van der Waals surface area contributed by atoms with Gasteiger partial charge in [0.1, 0.15) is 11.4 Å². The molecule has 0 spiro atoms. The summed E-state index contributed by atoms with van der Waals surface area (Å²) in [5, 5.41) is 2.58. The summed E-state index contributed by atoms with van der Waals surface area (Å²) in [6, 6.07) is 15.9. The van der Waals surface area contributed by atoms with Crippen LogP contribution in [0.2, 0.25) is 0 Å². The maximum absolute atomic E-state index is 13.3. The Bertz CT molecular complexity index is 1550. The van der Waals surface area contributed by atoms with Crippen molar-refractivity contribution in [1.29, 1.82) is 0 Å². The Hall–Kier alpha value is -4.12. The van der Waals surface area contributed by atoms with E-state index < -0.39 is 15.6 Å². The molecule has 2 aromatic carbocycles. The molecule has 2 unspecified atom stereocenters. The second-order valence-corrected chi connectivity index (χ2v) is 11.3. The molecule has 0 saturated carbocycles. The topological polar surface area (TPSA) is 127 Å². The molecule has 3 aromatic rings. The predicted molar refractivity (Wildman–Crippen MR) is 142 cm³/mol. The van der Waals surface area contributed by atoms with Crippen molar-refractivity contribution < 1.29 is 22.7 Å². The molecule has 2 aliphatic rings. The quantitative estimate of drug-likeness (QED) is 0.499. The largest absolute Gasteiger partial charge is 0.497 e. The lowest BCUT2D eigenvalue weighted by atomic mass is 9.83. The molecule has 2 atom stereocenters. The number of hydrogen-bond donors (Lipinski definition) is 2. The number of carbonyl (C=O) groups is 2. The van der Waals surface area contributed by atoms with Crippen molar-refractivity contribution in [3.8, 4) is 5.75 Å². The number of ether oxygens (including phenoxy) is 1. The SMILES string of the molecule is COc1ccc(C(=O)N2CC3CC(C2)c2ccc(NS(=O)(=O)c4ccc(NC(C)=O)cc4)c(=O)n2C3)cc1. The van der Waals surface area contributed by atoms with Gasteiger partial charge >= 0.3 is 0 Å². The highest BCUT2D eigenvalue weighted by molar-refractivity contribution is 7.92. The first-order chi connectivity index (χ1) is 18.1. The summed E-state index contributed by atoms with van der Waals surface area (Å²) >= 11 is 0. The third kappa shape index (κ3) is 5.01. The van der Waals surface area contributed by atoms with Gasteiger partial charge in [0, 0.05) is 49.4 Å². The van der Waals surface area contributed by atoms with Crippen molar-refractivity contribution in [1.82, 2.24) is 9.47 Å². The minimum absolute atomic E-state index is 0.0237. The highest BCUT2D eigenvalue weighted by Gasteiger charge is 2.37. The fraction of sp³-hybridized carbons (Fsp3) is 0.296. The molecule has 1 fully saturated rings. The van der Waals surface area contributed by atoms with E-state index in [0.29, 0.717) is 36.6 Å². The summed E-state index contributed by atoms with van der Waals surface area (Å²) in [6.45, 7) is 2.76. The first kappa shape index (κ1) is 25.5. The number of sulfonamides is 1. The van der Waals surface area contributed by atoms with Gasteiger partial charge in [0.15, 0.2) is 0 Å². The average Bonchev–Trinajstić information content (AvgIpc) is 2.90. The number of piperidine rings is 1. The lowest BCUT2D eigenvalue weighted by Gasteiger charge is -2.43. The molecule has 2 aliphatic heterocycles. The third-order valence-corrected chi connectivity index (χ3v) is 8.34. The fourth-order valence-corrected chi connectivity index (χ4v) is 6.29. The van der Waals surface area contributed by atoms with Crippen LogP contribution in [-0.2, 0) is 21.4 Å². The number of nitrogens with zero attached hydrogens (tertiary/aromatic N) is 2. The summed E-state index contributed by atoms with van der Waals surface area (Å²) in [5.74, 6) is 0.406. The molecule has 1 aromatic heterocycles. The summed E-state index contributed by atoms with van der Waals surface area (Å²) in [6.07, 6.45) is 0.859. The van der Waals surface area contributed by atoms with E-state index in [1.54, 1.807) is 42.0 Å². The van der Waals surface area contributed by atoms with E-state index in [0.717, 1.165) is 12.1 Å². The van der Waals surface area contributed by atoms with Gasteiger partial charge in [-0.3, -0.25) is 19.1 Å². The zero-order valence-corrected chi connectivity index (χ0v) is 21.8. The Labute approximate surface area is 220 Å². The molecule has 1 saturated heterocycles. The van der Waals surface area contributed by atoms with Crippen molar-refractivity contribution in [3.05, 3.63) is 82.3 Å². The molecule has 3 heterocycles. The van der Waals surface area contributed by atoms with Crippen LogP contribution in [0, 0.1) is 5.92 Å². The first-order valence-corrected chi connectivity index (χ1v) is 13.7. The van der Waals surface area contributed by atoms with Crippen LogP contribution in [0.5, 0.6) is 5.75 Å². The van der Waals surface area contributed by atoms with E-state index in [1.807, 2.05) is 4.90 Å². The lowest BCUT2D eigenvalue weighted by molar-refractivity contribution is -0.114. The van der Waals surface area contributed by atoms with Gasteiger partial charge in [-0.2, -0.15) is 0 Å². The number of likely N-dealkylation sites (tertiary alicyclic amines) is 1. The van der Waals surface area contributed by atoms with Crippen LogP contribution in [0.25, 0.3) is 0 Å². The Morgan fingerprint density at radius 3 is 2.32 bits per heavy atom. The lowest BCUT2D eigenvalue weighted by Crippen LogP contribution is -2.49. The summed E-state index contributed by atoms with van der Waals surface area (Å²) in [4.78, 5) is 39.5. The Kier molecular flexibility index (Phi) is 6.70. The van der Waals surface area contributed by atoms with Gasteiger partial charge in [-0.15, -0.1) is 0 Å². The average molecular weight is 537 g/mol. The van der Waals surface area contributed by atoms with E-state index >= 15 is 0 Å². The first-order valence-electron chi connectivity index (χ1n) is 12.2. The number of carbonyl (C=O) groups excluding carboxylic acids is 2. The van der Waals surface area contributed by atoms with E-state index in [-0.39, 0.29) is 34.2 Å². The molecule has 2 amide bonds. The predicted octanol–water partition coefficient (Wildman–Crippen LogP) is 2.88. The normalized spacial score (nSPS) is 18.3. The van der Waals surface area contributed by atoms with Crippen molar-refractivity contribution in [2.45, 2.75) is 30.7 Å². The van der Waals surface area contributed by atoms with Gasteiger partial charge in [0.25, 0.3) is 21.5 Å². The Morgan fingerprint density at radius 1 is 0.947 bits per heavy atom. The zero-order valence-electron chi connectivity index (χ0n) is 21.0. The van der Waals surface area contributed by atoms with Crippen LogP contribution >= 0.6 is 0 Å². The molecule has 5 rings (SSSR count). The van der Waals surface area contributed by atoms with Crippen molar-refractivity contribution in [3.63, 3.8) is 0 Å². The number of methoxy groups -OCH3 is 1. The second-order valence-electron chi connectivity index (χ2n) is 9.64. The third-order valence-electron chi connectivity index (χ3n) is 6.96. The van der Waals surface area contributed by atoms with E-state index in [9.17, 15) is 22.8 Å². The van der Waals surface area contributed by atoms with Gasteiger partial charge < -0.3 is 19.5 Å². The minimum atomic E-state index is -4.02. The molecule has 2 N–H and O–H groups in total. The Balaban J connectivity index is 1.34. The van der Waals surface area contributed by atoms with E-state index in [2.05, 4.69) is 10.0 Å².